The zero-order valence-corrected chi connectivity index (χ0v) is 16.0. The maximum atomic E-state index is 13.5. The molecule has 1 aromatic heterocycles. The van der Waals surface area contributed by atoms with Gasteiger partial charge in [-0.15, -0.1) is 24.0 Å². The fourth-order valence-electron chi connectivity index (χ4n) is 2.00. The lowest BCUT2D eigenvalue weighted by Gasteiger charge is -2.11. The van der Waals surface area contributed by atoms with Gasteiger partial charge in [-0.1, -0.05) is 12.1 Å². The molecule has 0 fully saturated rings. The van der Waals surface area contributed by atoms with E-state index in [1.54, 1.807) is 29.9 Å². The SMILES string of the molecule is CCNC(=NCc1cnn(C)c1)NCc1ccc(C)c(F)c1.I. The second-order valence-corrected chi connectivity index (χ2v) is 5.15. The molecule has 0 atom stereocenters. The van der Waals surface area contributed by atoms with Crippen molar-refractivity contribution in [2.75, 3.05) is 6.54 Å². The Labute approximate surface area is 153 Å². The first-order valence-corrected chi connectivity index (χ1v) is 7.33. The molecule has 0 unspecified atom stereocenters. The van der Waals surface area contributed by atoms with Gasteiger partial charge in [0.15, 0.2) is 5.96 Å². The summed E-state index contributed by atoms with van der Waals surface area (Å²) < 4.78 is 15.3. The van der Waals surface area contributed by atoms with Crippen LogP contribution in [0.3, 0.4) is 0 Å². The highest BCUT2D eigenvalue weighted by Crippen LogP contribution is 2.08. The monoisotopic (exact) mass is 431 g/mol. The molecule has 126 valence electrons. The van der Waals surface area contributed by atoms with Crippen molar-refractivity contribution in [3.05, 3.63) is 53.1 Å². The Morgan fingerprint density at radius 3 is 2.70 bits per heavy atom. The Morgan fingerprint density at radius 1 is 1.30 bits per heavy atom. The summed E-state index contributed by atoms with van der Waals surface area (Å²) in [7, 11) is 1.88. The summed E-state index contributed by atoms with van der Waals surface area (Å²) in [5.41, 5.74) is 2.58. The number of rotatable bonds is 5. The van der Waals surface area contributed by atoms with Crippen LogP contribution < -0.4 is 10.6 Å². The van der Waals surface area contributed by atoms with Gasteiger partial charge in [-0.25, -0.2) is 9.38 Å². The predicted molar refractivity (Wildman–Crippen MR) is 101 cm³/mol. The standard InChI is InChI=1S/C16H22FN5.HI/c1-4-18-16(20-9-14-10-21-22(3)11-14)19-8-13-6-5-12(2)15(17)7-13;/h5-7,10-11H,4,8-9H2,1-3H3,(H2,18,19,20);1H. The smallest absolute Gasteiger partial charge is 0.191 e. The molecule has 5 nitrogen and oxygen atoms in total. The molecular formula is C16H23FIN5. The molecule has 1 heterocycles. The molecule has 0 bridgehead atoms. The van der Waals surface area contributed by atoms with E-state index in [2.05, 4.69) is 20.7 Å². The minimum atomic E-state index is -0.184. The van der Waals surface area contributed by atoms with Crippen LogP contribution in [0.4, 0.5) is 4.39 Å². The lowest BCUT2D eigenvalue weighted by molar-refractivity contribution is 0.615. The van der Waals surface area contributed by atoms with Gasteiger partial charge in [0.05, 0.1) is 12.7 Å². The van der Waals surface area contributed by atoms with Crippen LogP contribution in [0.2, 0.25) is 0 Å². The molecule has 0 aliphatic rings. The number of benzene rings is 1. The van der Waals surface area contributed by atoms with Gasteiger partial charge < -0.3 is 10.6 Å². The molecule has 1 aromatic carbocycles. The molecule has 7 heteroatoms. The van der Waals surface area contributed by atoms with E-state index in [0.717, 1.165) is 17.7 Å². The van der Waals surface area contributed by atoms with Crippen LogP contribution in [-0.2, 0) is 20.1 Å². The first-order valence-electron chi connectivity index (χ1n) is 7.33. The average molecular weight is 431 g/mol. The normalized spacial score (nSPS) is 11.0. The van der Waals surface area contributed by atoms with E-state index >= 15 is 0 Å². The van der Waals surface area contributed by atoms with Gasteiger partial charge in [0.25, 0.3) is 0 Å². The van der Waals surface area contributed by atoms with Crippen LogP contribution in [0.25, 0.3) is 0 Å². The van der Waals surface area contributed by atoms with E-state index in [0.29, 0.717) is 24.6 Å². The third kappa shape index (κ3) is 6.17. The van der Waals surface area contributed by atoms with Crippen LogP contribution in [0.5, 0.6) is 0 Å². The molecule has 0 saturated heterocycles. The van der Waals surface area contributed by atoms with Crippen LogP contribution in [-0.4, -0.2) is 22.3 Å². The Morgan fingerprint density at radius 2 is 2.09 bits per heavy atom. The Balaban J connectivity index is 0.00000264. The van der Waals surface area contributed by atoms with Crippen molar-refractivity contribution in [3.8, 4) is 0 Å². The topological polar surface area (TPSA) is 54.2 Å². The number of guanidine groups is 1. The van der Waals surface area contributed by atoms with Gasteiger partial charge in [-0.3, -0.25) is 4.68 Å². The zero-order valence-electron chi connectivity index (χ0n) is 13.6. The number of aliphatic imine (C=N–C) groups is 1. The number of halogens is 2. The minimum Gasteiger partial charge on any atom is -0.357 e. The molecule has 0 spiro atoms. The van der Waals surface area contributed by atoms with Gasteiger partial charge in [0, 0.05) is 31.9 Å². The van der Waals surface area contributed by atoms with E-state index in [1.165, 1.54) is 0 Å². The highest BCUT2D eigenvalue weighted by molar-refractivity contribution is 14.0. The van der Waals surface area contributed by atoms with E-state index in [9.17, 15) is 4.39 Å². The largest absolute Gasteiger partial charge is 0.357 e. The third-order valence-corrected chi connectivity index (χ3v) is 3.22. The Bertz CT molecular complexity index is 654. The third-order valence-electron chi connectivity index (χ3n) is 3.22. The van der Waals surface area contributed by atoms with Gasteiger partial charge in [-0.05, 0) is 31.0 Å². The molecule has 2 N–H and O–H groups in total. The van der Waals surface area contributed by atoms with Gasteiger partial charge in [0.2, 0.25) is 0 Å². The average Bonchev–Trinajstić information content (AvgIpc) is 2.91. The van der Waals surface area contributed by atoms with Crippen molar-refractivity contribution in [2.45, 2.75) is 26.9 Å². The minimum absolute atomic E-state index is 0. The molecule has 0 aliphatic carbocycles. The zero-order chi connectivity index (χ0) is 15.9. The second kappa shape index (κ2) is 9.49. The number of aryl methyl sites for hydroxylation is 2. The van der Waals surface area contributed by atoms with Gasteiger partial charge in [-0.2, -0.15) is 5.10 Å². The quantitative estimate of drug-likeness (QED) is 0.435. The molecule has 0 aliphatic heterocycles. The van der Waals surface area contributed by atoms with E-state index in [4.69, 9.17) is 0 Å². The maximum absolute atomic E-state index is 13.5. The van der Waals surface area contributed by atoms with Crippen molar-refractivity contribution in [3.63, 3.8) is 0 Å². The molecule has 2 rings (SSSR count). The van der Waals surface area contributed by atoms with E-state index in [-0.39, 0.29) is 29.8 Å². The van der Waals surface area contributed by atoms with Gasteiger partial charge in [0.1, 0.15) is 5.82 Å². The second-order valence-electron chi connectivity index (χ2n) is 5.15. The van der Waals surface area contributed by atoms with Crippen LogP contribution in [0.15, 0.2) is 35.6 Å². The fourth-order valence-corrected chi connectivity index (χ4v) is 2.00. The van der Waals surface area contributed by atoms with Crippen LogP contribution in [0, 0.1) is 12.7 Å². The number of aromatic nitrogens is 2. The molecule has 23 heavy (non-hydrogen) atoms. The first kappa shape index (κ1) is 19.4. The number of hydrogen-bond acceptors (Lipinski definition) is 2. The summed E-state index contributed by atoms with van der Waals surface area (Å²) in [6.07, 6.45) is 3.73. The molecule has 2 aromatic rings. The lowest BCUT2D eigenvalue weighted by atomic mass is 10.1. The van der Waals surface area contributed by atoms with Gasteiger partial charge >= 0.3 is 0 Å². The Kier molecular flexibility index (Phi) is 8.01. The summed E-state index contributed by atoms with van der Waals surface area (Å²) >= 11 is 0. The molecule has 0 saturated carbocycles. The van der Waals surface area contributed by atoms with Crippen molar-refractivity contribution in [1.29, 1.82) is 0 Å². The molecular weight excluding hydrogens is 408 g/mol. The number of hydrogen-bond donors (Lipinski definition) is 2. The highest BCUT2D eigenvalue weighted by atomic mass is 127. The molecule has 0 amide bonds. The summed E-state index contributed by atoms with van der Waals surface area (Å²) in [5, 5.41) is 10.5. The summed E-state index contributed by atoms with van der Waals surface area (Å²) in [6, 6.07) is 5.25. The lowest BCUT2D eigenvalue weighted by Crippen LogP contribution is -2.36. The summed E-state index contributed by atoms with van der Waals surface area (Å²) in [4.78, 5) is 4.50. The fraction of sp³-hybridized carbons (Fsp3) is 0.375. The van der Waals surface area contributed by atoms with E-state index < -0.39 is 0 Å². The summed E-state index contributed by atoms with van der Waals surface area (Å²) in [6.45, 7) is 5.60. The number of nitrogens with zero attached hydrogens (tertiary/aromatic N) is 3. The Hall–Kier alpha value is -1.64. The predicted octanol–water partition coefficient (Wildman–Crippen LogP) is 2.74. The number of nitrogens with one attached hydrogen (secondary N) is 2. The van der Waals surface area contributed by atoms with Crippen molar-refractivity contribution < 1.29 is 4.39 Å². The van der Waals surface area contributed by atoms with Crippen molar-refractivity contribution in [1.82, 2.24) is 20.4 Å². The van der Waals surface area contributed by atoms with Crippen LogP contribution >= 0.6 is 24.0 Å². The maximum Gasteiger partial charge on any atom is 0.191 e. The van der Waals surface area contributed by atoms with Crippen LogP contribution in [0.1, 0.15) is 23.6 Å². The van der Waals surface area contributed by atoms with Crippen molar-refractivity contribution in [2.24, 2.45) is 12.0 Å². The highest BCUT2D eigenvalue weighted by Gasteiger charge is 2.02. The van der Waals surface area contributed by atoms with E-state index in [1.807, 2.05) is 26.2 Å². The summed E-state index contributed by atoms with van der Waals surface area (Å²) in [5.74, 6) is 0.518. The van der Waals surface area contributed by atoms with Crippen molar-refractivity contribution >= 4 is 29.9 Å². The molecule has 0 radical (unpaired) electrons. The first-order chi connectivity index (χ1) is 10.6.